The zero-order valence-corrected chi connectivity index (χ0v) is 26.5. The lowest BCUT2D eigenvalue weighted by Gasteiger charge is -2.43. The zero-order valence-electron chi connectivity index (χ0n) is 26.5. The molecule has 0 unspecified atom stereocenters. The maximum Gasteiger partial charge on any atom is 0.407 e. The molecule has 4 aromatic heterocycles. The maximum atomic E-state index is 16.3. The molecule has 1 fully saturated rings. The fraction of sp³-hybridized carbons (Fsp3) is 0.394. The number of carboxylic acid groups (broad SMARTS) is 1. The minimum absolute atomic E-state index is 0.0111. The number of anilines is 1. The Hall–Kier alpha value is -4.98. The number of aromatic amines is 1. The molecule has 3 N–H and O–H groups in total. The first-order valence-corrected chi connectivity index (χ1v) is 15.6. The van der Waals surface area contributed by atoms with Crippen LogP contribution in [0, 0.1) is 11.6 Å². The highest BCUT2D eigenvalue weighted by molar-refractivity contribution is 5.96. The first-order chi connectivity index (χ1) is 22.5. The molecule has 0 radical (unpaired) electrons. The van der Waals surface area contributed by atoms with Crippen molar-refractivity contribution in [3.05, 3.63) is 70.0 Å². The standard InChI is InChI=1S/C33H36F2N8O4/c1-17(2)26-29(20(10-11-36-26)7-5-6-12-44)43-31-22(30(39-32(43)45)41-15-19(4)42(33(46)47)16-18(41)3)13-24(35)28(38-31)25-23(34)9-8-21-14-37-40-27(21)25/h8-11,13-14,17-19,44H,5-7,12,15-16H2,1-4H3,(H,37,40)(H,46,47)/t18-,19+/m0/s1. The Balaban J connectivity index is 1.68. The number of piperazine rings is 1. The SMILES string of the molecule is CC(C)c1nccc(CCCCO)c1-n1c(=O)nc(N2C[C@@H](C)N(C(=O)O)C[C@@H]2C)c2cc(F)c(-c3c(F)ccc4cn[nH]c34)nc21. The van der Waals surface area contributed by atoms with Gasteiger partial charge in [-0.15, -0.1) is 0 Å². The van der Waals surface area contributed by atoms with Crippen LogP contribution in [0.3, 0.4) is 0 Å². The summed E-state index contributed by atoms with van der Waals surface area (Å²) in [4.78, 5) is 43.1. The van der Waals surface area contributed by atoms with Gasteiger partial charge < -0.3 is 20.0 Å². The van der Waals surface area contributed by atoms with E-state index >= 15 is 8.78 Å². The quantitative estimate of drug-likeness (QED) is 0.197. The van der Waals surface area contributed by atoms with Gasteiger partial charge in [0.1, 0.15) is 17.3 Å². The van der Waals surface area contributed by atoms with Gasteiger partial charge in [0.15, 0.2) is 11.5 Å². The summed E-state index contributed by atoms with van der Waals surface area (Å²) in [6.07, 6.45) is 3.79. The lowest BCUT2D eigenvalue weighted by atomic mass is 10.00. The van der Waals surface area contributed by atoms with Gasteiger partial charge in [-0.3, -0.25) is 10.1 Å². The number of hydrogen-bond donors (Lipinski definition) is 3. The van der Waals surface area contributed by atoms with E-state index in [1.165, 1.54) is 33.9 Å². The van der Waals surface area contributed by atoms with Crippen LogP contribution in [0.25, 0.3) is 38.9 Å². The predicted octanol–water partition coefficient (Wildman–Crippen LogP) is 5.01. The Kier molecular flexibility index (Phi) is 8.62. The van der Waals surface area contributed by atoms with Crippen molar-refractivity contribution < 1.29 is 23.8 Å². The smallest absolute Gasteiger partial charge is 0.407 e. The number of aryl methyl sites for hydroxylation is 1. The van der Waals surface area contributed by atoms with Gasteiger partial charge in [-0.2, -0.15) is 10.1 Å². The van der Waals surface area contributed by atoms with Crippen LogP contribution in [0.2, 0.25) is 0 Å². The number of pyridine rings is 2. The van der Waals surface area contributed by atoms with Crippen molar-refractivity contribution in [2.45, 2.75) is 65.0 Å². The van der Waals surface area contributed by atoms with E-state index in [-0.39, 0.29) is 59.2 Å². The van der Waals surface area contributed by atoms with Gasteiger partial charge in [0, 0.05) is 43.4 Å². The van der Waals surface area contributed by atoms with E-state index in [4.69, 9.17) is 4.98 Å². The third-order valence-corrected chi connectivity index (χ3v) is 8.77. The average Bonchev–Trinajstić information content (AvgIpc) is 3.51. The van der Waals surface area contributed by atoms with E-state index in [0.29, 0.717) is 36.0 Å². The van der Waals surface area contributed by atoms with Gasteiger partial charge in [0.25, 0.3) is 0 Å². The number of aliphatic hydroxyl groups excluding tert-OH is 1. The molecule has 1 aliphatic rings. The molecule has 246 valence electrons. The second-order valence-electron chi connectivity index (χ2n) is 12.3. The summed E-state index contributed by atoms with van der Waals surface area (Å²) in [5.74, 6) is -1.54. The molecule has 0 aliphatic carbocycles. The molecule has 5 heterocycles. The third kappa shape index (κ3) is 5.66. The normalized spacial score (nSPS) is 16.9. The molecule has 1 aromatic carbocycles. The lowest BCUT2D eigenvalue weighted by molar-refractivity contribution is 0.114. The van der Waals surface area contributed by atoms with Crippen LogP contribution in [-0.2, 0) is 6.42 Å². The molecule has 14 heteroatoms. The summed E-state index contributed by atoms with van der Waals surface area (Å²) < 4.78 is 33.2. The average molecular weight is 647 g/mol. The van der Waals surface area contributed by atoms with Gasteiger partial charge in [-0.25, -0.2) is 27.9 Å². The van der Waals surface area contributed by atoms with E-state index in [2.05, 4.69) is 20.2 Å². The van der Waals surface area contributed by atoms with Gasteiger partial charge >= 0.3 is 11.8 Å². The Bertz CT molecular complexity index is 2050. The van der Waals surface area contributed by atoms with Crippen LogP contribution in [-0.4, -0.2) is 82.7 Å². The number of nitrogens with one attached hydrogen (secondary N) is 1. The first-order valence-electron chi connectivity index (χ1n) is 15.6. The zero-order chi connectivity index (χ0) is 33.6. The number of H-pyrrole nitrogens is 1. The fourth-order valence-corrected chi connectivity index (χ4v) is 6.43. The Morgan fingerprint density at radius 3 is 2.60 bits per heavy atom. The van der Waals surface area contributed by atoms with Crippen LogP contribution in [0.4, 0.5) is 19.4 Å². The number of aromatic nitrogens is 6. The number of unbranched alkanes of at least 4 members (excludes halogenated alkanes) is 1. The number of amides is 1. The molecule has 1 amide bonds. The Morgan fingerprint density at radius 1 is 1.09 bits per heavy atom. The van der Waals surface area contributed by atoms with Gasteiger partial charge in [-0.1, -0.05) is 13.8 Å². The number of nitrogens with zero attached hydrogens (tertiary/aromatic N) is 7. The molecule has 6 rings (SSSR count). The van der Waals surface area contributed by atoms with E-state index in [1.54, 1.807) is 24.1 Å². The molecular formula is C33H36F2N8O4. The highest BCUT2D eigenvalue weighted by Crippen LogP contribution is 2.36. The van der Waals surface area contributed by atoms with Crippen molar-refractivity contribution in [2.75, 3.05) is 24.6 Å². The first kappa shape index (κ1) is 32.0. The van der Waals surface area contributed by atoms with Crippen LogP contribution < -0.4 is 10.6 Å². The topological polar surface area (TPSA) is 153 Å². The number of rotatable bonds is 8. The van der Waals surface area contributed by atoms with Crippen molar-refractivity contribution in [1.82, 2.24) is 34.6 Å². The van der Waals surface area contributed by atoms with Crippen LogP contribution >= 0.6 is 0 Å². The summed E-state index contributed by atoms with van der Waals surface area (Å²) >= 11 is 0. The molecular weight excluding hydrogens is 610 g/mol. The van der Waals surface area contributed by atoms with Gasteiger partial charge in [-0.05, 0) is 68.9 Å². The number of halogens is 2. The van der Waals surface area contributed by atoms with Gasteiger partial charge in [0.05, 0.1) is 34.0 Å². The summed E-state index contributed by atoms with van der Waals surface area (Å²) in [6, 6.07) is 4.89. The molecule has 1 saturated heterocycles. The molecule has 0 bridgehead atoms. The Morgan fingerprint density at radius 2 is 1.87 bits per heavy atom. The third-order valence-electron chi connectivity index (χ3n) is 8.77. The fourth-order valence-electron chi connectivity index (χ4n) is 6.43. The van der Waals surface area contributed by atoms with Gasteiger partial charge in [0.2, 0.25) is 0 Å². The van der Waals surface area contributed by atoms with E-state index in [0.717, 1.165) is 5.56 Å². The lowest BCUT2D eigenvalue weighted by Crippen LogP contribution is -2.58. The van der Waals surface area contributed by atoms with Crippen molar-refractivity contribution in [2.24, 2.45) is 0 Å². The van der Waals surface area contributed by atoms with Crippen molar-refractivity contribution in [3.8, 4) is 16.9 Å². The van der Waals surface area contributed by atoms with E-state index in [9.17, 15) is 19.8 Å². The molecule has 0 saturated carbocycles. The monoisotopic (exact) mass is 646 g/mol. The molecule has 2 atom stereocenters. The van der Waals surface area contributed by atoms with Crippen molar-refractivity contribution in [1.29, 1.82) is 0 Å². The largest absolute Gasteiger partial charge is 0.465 e. The summed E-state index contributed by atoms with van der Waals surface area (Å²) in [5, 5.41) is 26.7. The molecule has 47 heavy (non-hydrogen) atoms. The second kappa shape index (κ2) is 12.7. The van der Waals surface area contributed by atoms with E-state index in [1.807, 2.05) is 20.8 Å². The number of hydrogen-bond acceptors (Lipinski definition) is 8. The molecule has 0 spiro atoms. The number of aliphatic hydroxyl groups is 1. The van der Waals surface area contributed by atoms with Crippen molar-refractivity contribution in [3.63, 3.8) is 0 Å². The van der Waals surface area contributed by atoms with Crippen molar-refractivity contribution >= 4 is 33.8 Å². The predicted molar refractivity (Wildman–Crippen MR) is 173 cm³/mol. The number of benzene rings is 1. The van der Waals surface area contributed by atoms with Crippen LogP contribution in [0.15, 0.2) is 41.5 Å². The molecule has 12 nitrogen and oxygen atoms in total. The maximum absolute atomic E-state index is 16.3. The summed E-state index contributed by atoms with van der Waals surface area (Å²) in [5.41, 5.74) is 0.966. The summed E-state index contributed by atoms with van der Waals surface area (Å²) in [7, 11) is 0. The summed E-state index contributed by atoms with van der Waals surface area (Å²) in [6.45, 7) is 7.79. The second-order valence-corrected chi connectivity index (χ2v) is 12.3. The Labute approximate surface area is 268 Å². The highest BCUT2D eigenvalue weighted by atomic mass is 19.1. The number of carbonyl (C=O) groups is 1. The van der Waals surface area contributed by atoms with Crippen LogP contribution in [0.5, 0.6) is 0 Å². The van der Waals surface area contributed by atoms with Crippen LogP contribution in [0.1, 0.15) is 57.7 Å². The minimum atomic E-state index is -1.06. The molecule has 5 aromatic rings. The highest BCUT2D eigenvalue weighted by Gasteiger charge is 2.35. The minimum Gasteiger partial charge on any atom is -0.465 e. The molecule has 1 aliphatic heterocycles. The number of fused-ring (bicyclic) bond motifs is 2. The van der Waals surface area contributed by atoms with E-state index < -0.39 is 35.5 Å².